The monoisotopic (exact) mass is 249 g/mol. The zero-order valence-electron chi connectivity index (χ0n) is 8.73. The molecule has 4 N–H and O–H groups in total. The summed E-state index contributed by atoms with van der Waals surface area (Å²) in [6.45, 7) is -0.350. The van der Waals surface area contributed by atoms with Gasteiger partial charge in [0, 0.05) is 6.04 Å². The summed E-state index contributed by atoms with van der Waals surface area (Å²) in [7, 11) is -3.00. The van der Waals surface area contributed by atoms with E-state index in [1.807, 2.05) is 0 Å². The second-order valence-corrected chi connectivity index (χ2v) is 5.88. The Morgan fingerprint density at radius 3 is 2.50 bits per heavy atom. The van der Waals surface area contributed by atoms with Gasteiger partial charge in [0.1, 0.15) is 0 Å². The van der Waals surface area contributed by atoms with Crippen LogP contribution in [0.25, 0.3) is 0 Å². The van der Waals surface area contributed by atoms with Gasteiger partial charge in [0.2, 0.25) is 11.8 Å². The highest BCUT2D eigenvalue weighted by Crippen LogP contribution is 2.10. The van der Waals surface area contributed by atoms with Crippen LogP contribution in [0.3, 0.4) is 0 Å². The molecule has 1 fully saturated rings. The lowest BCUT2D eigenvalue weighted by molar-refractivity contribution is -0.125. The average Bonchev–Trinajstić information content (AvgIpc) is 2.54. The molecule has 1 aliphatic rings. The van der Waals surface area contributed by atoms with Crippen molar-refractivity contribution in [2.45, 2.75) is 12.5 Å². The highest BCUT2D eigenvalue weighted by Gasteiger charge is 2.28. The smallest absolute Gasteiger partial charge is 0.239 e. The standard InChI is InChI=1S/C8H15N3O4S/c9-3-7(12)10-4-8(13)11-6-1-2-16(14,15)5-6/h6H,1-5,9H2,(H,10,12)(H,11,13). The zero-order valence-corrected chi connectivity index (χ0v) is 9.55. The van der Waals surface area contributed by atoms with Crippen molar-refractivity contribution >= 4 is 21.7 Å². The van der Waals surface area contributed by atoms with E-state index in [9.17, 15) is 18.0 Å². The first-order valence-corrected chi connectivity index (χ1v) is 6.71. The molecule has 0 aromatic rings. The third-order valence-electron chi connectivity index (χ3n) is 2.23. The molecule has 0 bridgehead atoms. The molecule has 1 unspecified atom stereocenters. The minimum atomic E-state index is -3.00. The number of rotatable bonds is 4. The molecule has 0 aromatic carbocycles. The lowest BCUT2D eigenvalue weighted by Gasteiger charge is -2.10. The molecule has 0 saturated carbocycles. The minimum absolute atomic E-state index is 0.0242. The lowest BCUT2D eigenvalue weighted by atomic mass is 10.2. The number of sulfone groups is 1. The Bertz CT molecular complexity index is 379. The van der Waals surface area contributed by atoms with E-state index in [4.69, 9.17) is 5.73 Å². The molecule has 92 valence electrons. The molecule has 1 heterocycles. The molecule has 0 radical (unpaired) electrons. The van der Waals surface area contributed by atoms with Crippen molar-refractivity contribution in [1.82, 2.24) is 10.6 Å². The largest absolute Gasteiger partial charge is 0.351 e. The van der Waals surface area contributed by atoms with Crippen molar-refractivity contribution in [3.8, 4) is 0 Å². The van der Waals surface area contributed by atoms with Gasteiger partial charge < -0.3 is 16.4 Å². The zero-order chi connectivity index (χ0) is 12.2. The van der Waals surface area contributed by atoms with Gasteiger partial charge in [-0.05, 0) is 6.42 Å². The number of hydrogen-bond acceptors (Lipinski definition) is 5. The van der Waals surface area contributed by atoms with Crippen LogP contribution in [0.2, 0.25) is 0 Å². The Balaban J connectivity index is 2.28. The molecule has 1 saturated heterocycles. The minimum Gasteiger partial charge on any atom is -0.351 e. The number of carbonyl (C=O) groups excluding carboxylic acids is 2. The summed E-state index contributed by atoms with van der Waals surface area (Å²) >= 11 is 0. The van der Waals surface area contributed by atoms with Crippen LogP contribution < -0.4 is 16.4 Å². The Kier molecular flexibility index (Phi) is 4.25. The molecule has 0 aliphatic carbocycles. The molecule has 1 aliphatic heterocycles. The van der Waals surface area contributed by atoms with Crippen molar-refractivity contribution in [1.29, 1.82) is 0 Å². The molecule has 1 atom stereocenters. The topological polar surface area (TPSA) is 118 Å². The van der Waals surface area contributed by atoms with Crippen LogP contribution in [0.5, 0.6) is 0 Å². The van der Waals surface area contributed by atoms with Crippen LogP contribution in [0.15, 0.2) is 0 Å². The average molecular weight is 249 g/mol. The van der Waals surface area contributed by atoms with Gasteiger partial charge >= 0.3 is 0 Å². The maximum Gasteiger partial charge on any atom is 0.239 e. The van der Waals surface area contributed by atoms with Gasteiger partial charge in [-0.3, -0.25) is 9.59 Å². The van der Waals surface area contributed by atoms with E-state index in [1.54, 1.807) is 0 Å². The maximum atomic E-state index is 11.3. The van der Waals surface area contributed by atoms with Crippen LogP contribution >= 0.6 is 0 Å². The Labute approximate surface area is 93.7 Å². The van der Waals surface area contributed by atoms with Gasteiger partial charge in [-0.2, -0.15) is 0 Å². The van der Waals surface area contributed by atoms with E-state index in [1.165, 1.54) is 0 Å². The van der Waals surface area contributed by atoms with Crippen molar-refractivity contribution in [2.75, 3.05) is 24.6 Å². The summed E-state index contributed by atoms with van der Waals surface area (Å²) in [6, 6.07) is -0.340. The predicted molar refractivity (Wildman–Crippen MR) is 57.3 cm³/mol. The lowest BCUT2D eigenvalue weighted by Crippen LogP contribution is -2.43. The molecular formula is C8H15N3O4S. The highest BCUT2D eigenvalue weighted by atomic mass is 32.2. The van der Waals surface area contributed by atoms with Gasteiger partial charge in [-0.15, -0.1) is 0 Å². The van der Waals surface area contributed by atoms with Crippen molar-refractivity contribution < 1.29 is 18.0 Å². The Morgan fingerprint density at radius 2 is 2.00 bits per heavy atom. The van der Waals surface area contributed by atoms with Crippen LogP contribution in [0.1, 0.15) is 6.42 Å². The number of carbonyl (C=O) groups is 2. The fourth-order valence-electron chi connectivity index (χ4n) is 1.44. The van der Waals surface area contributed by atoms with E-state index < -0.39 is 21.7 Å². The van der Waals surface area contributed by atoms with Crippen molar-refractivity contribution in [3.05, 3.63) is 0 Å². The fraction of sp³-hybridized carbons (Fsp3) is 0.750. The van der Waals surface area contributed by atoms with Crippen LogP contribution in [0.4, 0.5) is 0 Å². The molecule has 2 amide bonds. The number of amides is 2. The SMILES string of the molecule is NCC(=O)NCC(=O)NC1CCS(=O)(=O)C1. The van der Waals surface area contributed by atoms with E-state index in [2.05, 4.69) is 10.6 Å². The molecule has 1 rings (SSSR count). The first-order chi connectivity index (χ1) is 7.43. The predicted octanol–water partition coefficient (Wildman–Crippen LogP) is -2.64. The summed E-state index contributed by atoms with van der Waals surface area (Å²) < 4.78 is 22.2. The molecular weight excluding hydrogens is 234 g/mol. The third-order valence-corrected chi connectivity index (χ3v) is 4.00. The van der Waals surface area contributed by atoms with E-state index in [-0.39, 0.29) is 30.6 Å². The quantitative estimate of drug-likeness (QED) is 0.503. The number of nitrogens with one attached hydrogen (secondary N) is 2. The van der Waals surface area contributed by atoms with E-state index in [0.717, 1.165) is 0 Å². The van der Waals surface area contributed by atoms with Gasteiger partial charge in [0.15, 0.2) is 9.84 Å². The molecule has 8 heteroatoms. The maximum absolute atomic E-state index is 11.3. The van der Waals surface area contributed by atoms with Gasteiger partial charge in [0.05, 0.1) is 24.6 Å². The highest BCUT2D eigenvalue weighted by molar-refractivity contribution is 7.91. The fourth-order valence-corrected chi connectivity index (χ4v) is 3.11. The van der Waals surface area contributed by atoms with Crippen molar-refractivity contribution in [3.63, 3.8) is 0 Å². The summed E-state index contributed by atoms with van der Waals surface area (Å²) in [5.74, 6) is -0.741. The first-order valence-electron chi connectivity index (χ1n) is 4.89. The van der Waals surface area contributed by atoms with E-state index >= 15 is 0 Å². The molecule has 0 aromatic heterocycles. The number of hydrogen-bond donors (Lipinski definition) is 3. The summed E-state index contributed by atoms with van der Waals surface area (Å²) in [5, 5.41) is 4.84. The molecule has 7 nitrogen and oxygen atoms in total. The van der Waals surface area contributed by atoms with Crippen molar-refractivity contribution in [2.24, 2.45) is 5.73 Å². The van der Waals surface area contributed by atoms with Crippen LogP contribution in [-0.4, -0.2) is 50.9 Å². The summed E-state index contributed by atoms with van der Waals surface area (Å²) in [6.07, 6.45) is 0.429. The van der Waals surface area contributed by atoms with Gasteiger partial charge in [-0.1, -0.05) is 0 Å². The van der Waals surface area contributed by atoms with Crippen LogP contribution in [-0.2, 0) is 19.4 Å². The molecule has 0 spiro atoms. The summed E-state index contributed by atoms with van der Waals surface area (Å²) in [5.41, 5.74) is 5.03. The second kappa shape index (κ2) is 5.26. The molecule has 16 heavy (non-hydrogen) atoms. The first kappa shape index (κ1) is 12.9. The van der Waals surface area contributed by atoms with E-state index in [0.29, 0.717) is 6.42 Å². The second-order valence-electron chi connectivity index (χ2n) is 3.65. The number of nitrogens with two attached hydrogens (primary N) is 1. The Morgan fingerprint density at radius 1 is 1.31 bits per heavy atom. The van der Waals surface area contributed by atoms with Crippen LogP contribution in [0, 0.1) is 0 Å². The normalized spacial score (nSPS) is 22.7. The van der Waals surface area contributed by atoms with Gasteiger partial charge in [0.25, 0.3) is 0 Å². The summed E-state index contributed by atoms with van der Waals surface area (Å²) in [4.78, 5) is 22.0. The van der Waals surface area contributed by atoms with Gasteiger partial charge in [-0.25, -0.2) is 8.42 Å². The third kappa shape index (κ3) is 4.15. The Hall–Kier alpha value is -1.15.